The molecular weight excluding hydrogens is 351 g/mol. The molecule has 1 fully saturated rings. The molecule has 1 saturated heterocycles. The molecular formula is C17H12ClFN2O2S. The predicted octanol–water partition coefficient (Wildman–Crippen LogP) is 4.59. The molecule has 2 aromatic rings. The molecule has 1 N–H and O–H groups in total. The van der Waals surface area contributed by atoms with Crippen molar-refractivity contribution in [3.8, 4) is 0 Å². The Hall–Kier alpha value is -2.31. The summed E-state index contributed by atoms with van der Waals surface area (Å²) < 4.78 is 12.9. The Labute approximate surface area is 147 Å². The lowest BCUT2D eigenvalue weighted by Gasteiger charge is -2.15. The molecule has 0 unspecified atom stereocenters. The second-order valence-electron chi connectivity index (χ2n) is 4.98. The number of benzene rings is 2. The number of hydrogen-bond acceptors (Lipinski definition) is 4. The van der Waals surface area contributed by atoms with E-state index in [1.54, 1.807) is 42.5 Å². The molecule has 2 aromatic carbocycles. The third-order valence-electron chi connectivity index (χ3n) is 3.34. The first-order chi connectivity index (χ1) is 11.5. The van der Waals surface area contributed by atoms with Crippen LogP contribution in [0, 0.1) is 5.82 Å². The van der Waals surface area contributed by atoms with Crippen molar-refractivity contribution in [2.24, 2.45) is 0 Å². The van der Waals surface area contributed by atoms with E-state index in [0.717, 1.165) is 16.7 Å². The molecule has 0 atom stereocenters. The molecule has 1 aliphatic heterocycles. The van der Waals surface area contributed by atoms with Gasteiger partial charge in [0, 0.05) is 0 Å². The second kappa shape index (κ2) is 7.07. The topological polar surface area (TPSA) is 49.4 Å². The first kappa shape index (κ1) is 16.5. The number of thioether (sulfide) groups is 1. The van der Waals surface area contributed by atoms with Gasteiger partial charge in [-0.2, -0.15) is 0 Å². The number of hydrogen-bond donors (Lipinski definition) is 1. The molecule has 0 radical (unpaired) electrons. The summed E-state index contributed by atoms with van der Waals surface area (Å²) in [5.74, 6) is -0.752. The summed E-state index contributed by atoms with van der Waals surface area (Å²) in [4.78, 5) is 25.8. The number of rotatable bonds is 4. The minimum absolute atomic E-state index is 0.0230. The fourth-order valence-electron chi connectivity index (χ4n) is 2.12. The van der Waals surface area contributed by atoms with Crippen LogP contribution in [0.1, 0.15) is 5.56 Å². The lowest BCUT2D eigenvalue weighted by atomic mass is 10.2. The van der Waals surface area contributed by atoms with Crippen LogP contribution in [-0.2, 0) is 4.79 Å². The van der Waals surface area contributed by atoms with Gasteiger partial charge < -0.3 is 5.32 Å². The van der Waals surface area contributed by atoms with Crippen LogP contribution in [0.4, 0.5) is 14.9 Å². The van der Waals surface area contributed by atoms with Crippen molar-refractivity contribution in [3.63, 3.8) is 0 Å². The van der Waals surface area contributed by atoms with Gasteiger partial charge in [-0.3, -0.25) is 14.5 Å². The maximum absolute atomic E-state index is 12.9. The van der Waals surface area contributed by atoms with Crippen LogP contribution < -0.4 is 5.32 Å². The molecule has 122 valence electrons. The Morgan fingerprint density at radius 2 is 1.83 bits per heavy atom. The van der Waals surface area contributed by atoms with Gasteiger partial charge in [0.15, 0.2) is 0 Å². The number of carbonyl (C=O) groups is 2. The molecule has 0 bridgehead atoms. The van der Waals surface area contributed by atoms with Crippen LogP contribution in [0.2, 0.25) is 5.02 Å². The molecule has 2 amide bonds. The van der Waals surface area contributed by atoms with Gasteiger partial charge >= 0.3 is 0 Å². The Kier molecular flexibility index (Phi) is 4.87. The Bertz CT molecular complexity index is 824. The first-order valence-electron chi connectivity index (χ1n) is 7.04. The maximum atomic E-state index is 12.9. The van der Waals surface area contributed by atoms with Crippen LogP contribution in [-0.4, -0.2) is 22.7 Å². The number of carbonyl (C=O) groups excluding carboxylic acids is 2. The number of halogens is 2. The lowest BCUT2D eigenvalue weighted by Crippen LogP contribution is -2.33. The number of amides is 2. The largest absolute Gasteiger partial charge is 0.366 e. The molecule has 0 saturated carbocycles. The summed E-state index contributed by atoms with van der Waals surface area (Å²) >= 11 is 6.89. The predicted molar refractivity (Wildman–Crippen MR) is 94.2 cm³/mol. The van der Waals surface area contributed by atoms with Crippen molar-refractivity contribution < 1.29 is 14.0 Å². The van der Waals surface area contributed by atoms with E-state index in [1.807, 2.05) is 0 Å². The summed E-state index contributed by atoms with van der Waals surface area (Å²) in [6.45, 7) is 0.0230. The zero-order valence-corrected chi connectivity index (χ0v) is 13.9. The number of anilines is 1. The van der Waals surface area contributed by atoms with Gasteiger partial charge in [0.2, 0.25) is 0 Å². The van der Waals surface area contributed by atoms with Crippen LogP contribution >= 0.6 is 23.4 Å². The zero-order chi connectivity index (χ0) is 17.1. The van der Waals surface area contributed by atoms with Gasteiger partial charge in [-0.15, -0.1) is 0 Å². The highest BCUT2D eigenvalue weighted by atomic mass is 35.5. The summed E-state index contributed by atoms with van der Waals surface area (Å²) in [6.07, 6.45) is 1.57. The highest BCUT2D eigenvalue weighted by molar-refractivity contribution is 8.18. The summed E-state index contributed by atoms with van der Waals surface area (Å²) in [7, 11) is 0. The molecule has 3 rings (SSSR count). The summed E-state index contributed by atoms with van der Waals surface area (Å²) in [6, 6.07) is 12.8. The third kappa shape index (κ3) is 3.60. The molecule has 0 aliphatic carbocycles. The highest BCUT2D eigenvalue weighted by Crippen LogP contribution is 2.32. The van der Waals surface area contributed by atoms with Crippen molar-refractivity contribution in [1.29, 1.82) is 0 Å². The lowest BCUT2D eigenvalue weighted by molar-refractivity contribution is -0.122. The van der Waals surface area contributed by atoms with E-state index >= 15 is 0 Å². The van der Waals surface area contributed by atoms with Crippen LogP contribution in [0.15, 0.2) is 53.4 Å². The van der Waals surface area contributed by atoms with Gasteiger partial charge in [0.1, 0.15) is 5.82 Å². The highest BCUT2D eigenvalue weighted by Gasteiger charge is 2.34. The monoisotopic (exact) mass is 362 g/mol. The quantitative estimate of drug-likeness (QED) is 0.808. The van der Waals surface area contributed by atoms with Gasteiger partial charge in [0.25, 0.3) is 11.1 Å². The van der Waals surface area contributed by atoms with Crippen molar-refractivity contribution in [2.45, 2.75) is 0 Å². The third-order valence-corrected chi connectivity index (χ3v) is 4.58. The molecule has 0 spiro atoms. The van der Waals surface area contributed by atoms with Crippen LogP contribution in [0.25, 0.3) is 6.08 Å². The number of imide groups is 1. The van der Waals surface area contributed by atoms with Gasteiger partial charge in [0.05, 0.1) is 22.3 Å². The van der Waals surface area contributed by atoms with Crippen LogP contribution in [0.5, 0.6) is 0 Å². The van der Waals surface area contributed by atoms with Gasteiger partial charge in [-0.1, -0.05) is 35.9 Å². The fourth-order valence-corrected chi connectivity index (χ4v) is 3.16. The standard InChI is InChI=1S/C17H12ClFN2O2S/c18-13-3-1-2-4-14(13)20-10-21-16(22)15(24-17(21)23)9-11-5-7-12(19)8-6-11/h1-9,20H,10H2/b15-9-. The van der Waals surface area contributed by atoms with Crippen molar-refractivity contribution in [3.05, 3.63) is 69.8 Å². The van der Waals surface area contributed by atoms with E-state index in [-0.39, 0.29) is 17.7 Å². The Morgan fingerprint density at radius 3 is 2.54 bits per heavy atom. The second-order valence-corrected chi connectivity index (χ2v) is 6.38. The maximum Gasteiger partial charge on any atom is 0.295 e. The van der Waals surface area contributed by atoms with E-state index in [0.29, 0.717) is 21.2 Å². The van der Waals surface area contributed by atoms with Gasteiger partial charge in [-0.25, -0.2) is 4.39 Å². The average molecular weight is 363 g/mol. The molecule has 4 nitrogen and oxygen atoms in total. The van der Waals surface area contributed by atoms with E-state index in [4.69, 9.17) is 11.6 Å². The number of para-hydroxylation sites is 1. The van der Waals surface area contributed by atoms with Crippen LogP contribution in [0.3, 0.4) is 0 Å². The minimum Gasteiger partial charge on any atom is -0.366 e. The van der Waals surface area contributed by atoms with E-state index < -0.39 is 5.91 Å². The Balaban J connectivity index is 1.72. The van der Waals surface area contributed by atoms with E-state index in [1.165, 1.54) is 12.1 Å². The number of nitrogens with zero attached hydrogens (tertiary/aromatic N) is 1. The molecule has 1 aliphatic rings. The smallest absolute Gasteiger partial charge is 0.295 e. The van der Waals surface area contributed by atoms with Gasteiger partial charge in [-0.05, 0) is 47.7 Å². The molecule has 0 aromatic heterocycles. The molecule has 7 heteroatoms. The van der Waals surface area contributed by atoms with Crippen molar-refractivity contribution in [1.82, 2.24) is 4.90 Å². The number of nitrogens with one attached hydrogen (secondary N) is 1. The normalized spacial score (nSPS) is 16.1. The van der Waals surface area contributed by atoms with Crippen molar-refractivity contribution >= 4 is 46.3 Å². The minimum atomic E-state index is -0.395. The van der Waals surface area contributed by atoms with Crippen molar-refractivity contribution in [2.75, 3.05) is 12.0 Å². The molecule has 24 heavy (non-hydrogen) atoms. The first-order valence-corrected chi connectivity index (χ1v) is 8.23. The van der Waals surface area contributed by atoms with E-state index in [2.05, 4.69) is 5.32 Å². The summed E-state index contributed by atoms with van der Waals surface area (Å²) in [5.41, 5.74) is 1.29. The fraction of sp³-hybridized carbons (Fsp3) is 0.0588. The average Bonchev–Trinajstić information content (AvgIpc) is 2.83. The van der Waals surface area contributed by atoms with E-state index in [9.17, 15) is 14.0 Å². The zero-order valence-electron chi connectivity index (χ0n) is 12.3. The SMILES string of the molecule is O=C1S/C(=C\c2ccc(F)cc2)C(=O)N1CNc1ccccc1Cl. The summed E-state index contributed by atoms with van der Waals surface area (Å²) in [5, 5.41) is 3.11. The Morgan fingerprint density at radius 1 is 1.12 bits per heavy atom. The molecule has 1 heterocycles.